The zero-order valence-electron chi connectivity index (χ0n) is 13.4. The SMILES string of the molecule is CC1=CC[C@]23O[C@@]2(C)CC[C@@H]2[C@H](OC(=O)[C@H]2C[NH+](C)C)[C@@H]13. The highest BCUT2D eigenvalue weighted by Crippen LogP contribution is 2.67. The van der Waals surface area contributed by atoms with Gasteiger partial charge in [-0.3, -0.25) is 4.79 Å². The molecule has 4 aliphatic rings. The molecule has 116 valence electrons. The molecule has 1 spiro atoms. The molecule has 2 heterocycles. The minimum Gasteiger partial charge on any atom is -0.461 e. The largest absolute Gasteiger partial charge is 0.461 e. The normalized spacial score (nSPS) is 50.9. The average Bonchev–Trinajstić information content (AvgIpc) is 2.71. The number of carbonyl (C=O) groups excluding carboxylic acids is 1. The molecule has 0 radical (unpaired) electrons. The summed E-state index contributed by atoms with van der Waals surface area (Å²) in [5.41, 5.74) is 1.29. The molecule has 0 aromatic rings. The first-order chi connectivity index (χ1) is 9.88. The van der Waals surface area contributed by atoms with Gasteiger partial charge in [-0.2, -0.15) is 0 Å². The lowest BCUT2D eigenvalue weighted by Crippen LogP contribution is -3.06. The Morgan fingerprint density at radius 1 is 1.43 bits per heavy atom. The van der Waals surface area contributed by atoms with Crippen molar-refractivity contribution in [3.05, 3.63) is 11.6 Å². The van der Waals surface area contributed by atoms with Crippen molar-refractivity contribution in [3.63, 3.8) is 0 Å². The molecule has 1 N–H and O–H groups in total. The van der Waals surface area contributed by atoms with Crippen molar-refractivity contribution in [2.24, 2.45) is 17.8 Å². The third-order valence-corrected chi connectivity index (χ3v) is 6.39. The number of quaternary nitrogens is 1. The Kier molecular flexibility index (Phi) is 2.69. The van der Waals surface area contributed by atoms with Crippen LogP contribution in [-0.4, -0.2) is 43.9 Å². The van der Waals surface area contributed by atoms with E-state index in [9.17, 15) is 4.79 Å². The number of epoxide rings is 1. The minimum atomic E-state index is -0.0728. The van der Waals surface area contributed by atoms with Crippen molar-refractivity contribution in [2.75, 3.05) is 20.6 Å². The summed E-state index contributed by atoms with van der Waals surface area (Å²) < 4.78 is 12.1. The molecular weight excluding hydrogens is 266 g/mol. The van der Waals surface area contributed by atoms with Gasteiger partial charge in [-0.05, 0) is 33.1 Å². The van der Waals surface area contributed by atoms with Crippen LogP contribution >= 0.6 is 0 Å². The molecule has 3 fully saturated rings. The summed E-state index contributed by atoms with van der Waals surface area (Å²) in [7, 11) is 4.23. The van der Waals surface area contributed by atoms with Crippen molar-refractivity contribution in [3.8, 4) is 0 Å². The van der Waals surface area contributed by atoms with Gasteiger partial charge in [-0.1, -0.05) is 11.6 Å². The maximum atomic E-state index is 12.4. The summed E-state index contributed by atoms with van der Waals surface area (Å²) in [6.07, 6.45) is 5.43. The van der Waals surface area contributed by atoms with E-state index in [-0.39, 0.29) is 35.1 Å². The van der Waals surface area contributed by atoms with E-state index in [0.29, 0.717) is 5.92 Å². The quantitative estimate of drug-likeness (QED) is 0.460. The summed E-state index contributed by atoms with van der Waals surface area (Å²) in [6, 6.07) is 0. The molecule has 4 rings (SSSR count). The molecule has 21 heavy (non-hydrogen) atoms. The average molecular weight is 292 g/mol. The highest BCUT2D eigenvalue weighted by molar-refractivity contribution is 5.75. The maximum Gasteiger partial charge on any atom is 0.315 e. The Labute approximate surface area is 126 Å². The molecule has 0 aromatic heterocycles. The maximum absolute atomic E-state index is 12.4. The first-order valence-electron chi connectivity index (χ1n) is 8.24. The van der Waals surface area contributed by atoms with Crippen LogP contribution in [0, 0.1) is 17.8 Å². The van der Waals surface area contributed by atoms with E-state index in [0.717, 1.165) is 25.8 Å². The number of ether oxygens (including phenoxy) is 2. The molecule has 4 heteroatoms. The monoisotopic (exact) mass is 292 g/mol. The number of nitrogens with one attached hydrogen (secondary N) is 1. The van der Waals surface area contributed by atoms with Crippen LogP contribution in [0.1, 0.15) is 33.1 Å². The number of esters is 1. The summed E-state index contributed by atoms with van der Waals surface area (Å²) in [6.45, 7) is 5.31. The van der Waals surface area contributed by atoms with E-state index in [1.165, 1.54) is 10.5 Å². The zero-order chi connectivity index (χ0) is 15.0. The van der Waals surface area contributed by atoms with Crippen LogP contribution in [0.2, 0.25) is 0 Å². The van der Waals surface area contributed by atoms with Crippen molar-refractivity contribution >= 4 is 5.97 Å². The Balaban J connectivity index is 1.69. The molecule has 1 saturated carbocycles. The van der Waals surface area contributed by atoms with E-state index in [2.05, 4.69) is 34.0 Å². The van der Waals surface area contributed by atoms with Crippen molar-refractivity contribution in [1.82, 2.24) is 0 Å². The van der Waals surface area contributed by atoms with Gasteiger partial charge in [-0.15, -0.1) is 0 Å². The summed E-state index contributed by atoms with van der Waals surface area (Å²) in [5.74, 6) is 0.724. The van der Waals surface area contributed by atoms with Gasteiger partial charge in [0, 0.05) is 11.8 Å². The van der Waals surface area contributed by atoms with E-state index < -0.39 is 0 Å². The second kappa shape index (κ2) is 4.11. The molecular formula is C17H26NO3+. The van der Waals surface area contributed by atoms with E-state index in [1.54, 1.807) is 0 Å². The Morgan fingerprint density at radius 2 is 2.19 bits per heavy atom. The van der Waals surface area contributed by atoms with Gasteiger partial charge in [-0.25, -0.2) is 0 Å². The van der Waals surface area contributed by atoms with Crippen LogP contribution in [-0.2, 0) is 14.3 Å². The molecule has 2 aliphatic heterocycles. The smallest absolute Gasteiger partial charge is 0.315 e. The lowest BCUT2D eigenvalue weighted by Gasteiger charge is -2.28. The van der Waals surface area contributed by atoms with Gasteiger partial charge in [0.05, 0.1) is 26.2 Å². The molecule has 0 unspecified atom stereocenters. The summed E-state index contributed by atoms with van der Waals surface area (Å²) >= 11 is 0. The minimum absolute atomic E-state index is 0.00179. The molecule has 0 bridgehead atoms. The Morgan fingerprint density at radius 3 is 2.90 bits per heavy atom. The Bertz CT molecular complexity index is 528. The van der Waals surface area contributed by atoms with Gasteiger partial charge in [0.15, 0.2) is 0 Å². The first-order valence-corrected chi connectivity index (χ1v) is 8.24. The highest BCUT2D eigenvalue weighted by atomic mass is 16.6. The molecule has 6 atom stereocenters. The predicted molar refractivity (Wildman–Crippen MR) is 77.9 cm³/mol. The van der Waals surface area contributed by atoms with E-state index in [1.807, 2.05) is 0 Å². The van der Waals surface area contributed by atoms with E-state index >= 15 is 0 Å². The fourth-order valence-corrected chi connectivity index (χ4v) is 5.26. The second-order valence-corrected chi connectivity index (χ2v) is 7.97. The fourth-order valence-electron chi connectivity index (χ4n) is 5.26. The Hall–Kier alpha value is -0.870. The number of rotatable bonds is 2. The molecule has 4 nitrogen and oxygen atoms in total. The van der Waals surface area contributed by atoms with Gasteiger partial charge in [0.2, 0.25) is 0 Å². The van der Waals surface area contributed by atoms with Crippen LogP contribution in [0.15, 0.2) is 11.6 Å². The lowest BCUT2D eigenvalue weighted by atomic mass is 9.77. The van der Waals surface area contributed by atoms with Crippen LogP contribution in [0.4, 0.5) is 0 Å². The molecule has 0 aromatic carbocycles. The predicted octanol–water partition coefficient (Wildman–Crippen LogP) is 0.576. The third-order valence-electron chi connectivity index (χ3n) is 6.39. The van der Waals surface area contributed by atoms with Crippen LogP contribution in [0.5, 0.6) is 0 Å². The second-order valence-electron chi connectivity index (χ2n) is 7.97. The topological polar surface area (TPSA) is 43.3 Å². The van der Waals surface area contributed by atoms with Gasteiger partial charge < -0.3 is 14.4 Å². The number of hydrogen-bond donors (Lipinski definition) is 1. The highest BCUT2D eigenvalue weighted by Gasteiger charge is 2.76. The van der Waals surface area contributed by atoms with Gasteiger partial charge in [0.25, 0.3) is 0 Å². The summed E-state index contributed by atoms with van der Waals surface area (Å²) in [5, 5.41) is 0. The van der Waals surface area contributed by atoms with Crippen LogP contribution in [0.3, 0.4) is 0 Å². The summed E-state index contributed by atoms with van der Waals surface area (Å²) in [4.78, 5) is 13.7. The third kappa shape index (κ3) is 1.66. The number of fused-ring (bicyclic) bond motifs is 2. The molecule has 2 saturated heterocycles. The van der Waals surface area contributed by atoms with Crippen molar-refractivity contribution in [2.45, 2.75) is 50.4 Å². The van der Waals surface area contributed by atoms with E-state index in [4.69, 9.17) is 9.47 Å². The zero-order valence-corrected chi connectivity index (χ0v) is 13.4. The van der Waals surface area contributed by atoms with Crippen LogP contribution in [0.25, 0.3) is 0 Å². The van der Waals surface area contributed by atoms with Crippen molar-refractivity contribution < 1.29 is 19.2 Å². The van der Waals surface area contributed by atoms with Gasteiger partial charge >= 0.3 is 5.97 Å². The standard InChI is InChI=1S/C17H25NO3/c1-10-5-8-17-13(10)14-11(6-7-16(17,2)21-17)12(9-18(3)4)15(19)20-14/h5,11-14H,6-9H2,1-4H3/p+1/t11-,12-,13+,14-,16-,17+/m0/s1. The fraction of sp³-hybridized carbons (Fsp3) is 0.824. The molecule has 2 aliphatic carbocycles. The number of carbonyl (C=O) groups is 1. The van der Waals surface area contributed by atoms with Crippen LogP contribution < -0.4 is 4.90 Å². The number of hydrogen-bond acceptors (Lipinski definition) is 3. The lowest BCUT2D eigenvalue weighted by molar-refractivity contribution is -0.861. The van der Waals surface area contributed by atoms with Gasteiger partial charge in [0.1, 0.15) is 17.6 Å². The first kappa shape index (κ1) is 13.8. The van der Waals surface area contributed by atoms with Crippen molar-refractivity contribution in [1.29, 1.82) is 0 Å². The molecule has 0 amide bonds.